The first-order chi connectivity index (χ1) is 15.3. The Morgan fingerprint density at radius 3 is 1.67 bits per heavy atom. The van der Waals surface area contributed by atoms with Gasteiger partial charge >= 0.3 is 0 Å². The van der Waals surface area contributed by atoms with E-state index in [9.17, 15) is 24.9 Å². The summed E-state index contributed by atoms with van der Waals surface area (Å²) in [5.41, 5.74) is -1.71. The van der Waals surface area contributed by atoms with Crippen molar-refractivity contribution in [1.82, 2.24) is 18.3 Å². The minimum atomic E-state index is -1.34. The van der Waals surface area contributed by atoms with Gasteiger partial charge in [0.25, 0.3) is 11.1 Å². The van der Waals surface area contributed by atoms with E-state index in [0.717, 1.165) is 9.13 Å². The molecular weight excluding hydrogens is 492 g/mol. The van der Waals surface area contributed by atoms with Crippen LogP contribution in [0.3, 0.4) is 0 Å². The number of aromatic nitrogens is 4. The van der Waals surface area contributed by atoms with Crippen LogP contribution < -0.4 is 15.9 Å². The number of hydrogen-bond donors (Lipinski definition) is 3. The van der Waals surface area contributed by atoms with Crippen LogP contribution in [0.2, 0.25) is 5.02 Å². The second kappa shape index (κ2) is 8.69. The monoisotopic (exact) mass is 512 g/mol. The summed E-state index contributed by atoms with van der Waals surface area (Å²) < 4.78 is 9.88. The highest BCUT2D eigenvalue weighted by Gasteiger charge is 2.33. The van der Waals surface area contributed by atoms with Crippen molar-refractivity contribution >= 4 is 36.0 Å². The molecule has 0 bridgehead atoms. The molecule has 0 aliphatic heterocycles. The van der Waals surface area contributed by atoms with Crippen molar-refractivity contribution in [2.24, 2.45) is 28.2 Å². The molecule has 10 nitrogen and oxygen atoms in total. The molecule has 0 aliphatic rings. The van der Waals surface area contributed by atoms with E-state index >= 15 is 0 Å². The van der Waals surface area contributed by atoms with Crippen molar-refractivity contribution in [3.63, 3.8) is 0 Å². The third-order valence-electron chi connectivity index (χ3n) is 5.52. The van der Waals surface area contributed by atoms with Crippen LogP contribution in [0.1, 0.15) is 22.6 Å². The predicted octanol–water partition coefficient (Wildman–Crippen LogP) is 2.18. The minimum Gasteiger partial charge on any atom is -0.503 e. The molecule has 13 heteroatoms. The molecule has 176 valence electrons. The maximum Gasteiger partial charge on any atom is 0.262 e. The second-order valence-electron chi connectivity index (χ2n) is 7.37. The van der Waals surface area contributed by atoms with Gasteiger partial charge in [0.1, 0.15) is 0 Å². The Labute approximate surface area is 202 Å². The van der Waals surface area contributed by atoms with Crippen LogP contribution in [0, 0.1) is 9.54 Å². The van der Waals surface area contributed by atoms with Gasteiger partial charge in [-0.15, -0.1) is 0 Å². The topological polar surface area (TPSA) is 124 Å². The molecule has 2 heterocycles. The first-order valence-electron chi connectivity index (χ1n) is 9.39. The Morgan fingerprint density at radius 2 is 1.27 bits per heavy atom. The lowest BCUT2D eigenvalue weighted by Gasteiger charge is -2.23. The van der Waals surface area contributed by atoms with Crippen LogP contribution in [0.25, 0.3) is 0 Å². The number of halogens is 1. The molecule has 3 rings (SSSR count). The highest BCUT2D eigenvalue weighted by molar-refractivity contribution is 7.71. The van der Waals surface area contributed by atoms with Crippen LogP contribution in [0.4, 0.5) is 0 Å². The van der Waals surface area contributed by atoms with Gasteiger partial charge in [0.05, 0.1) is 29.2 Å². The normalized spacial score (nSPS) is 11.2. The zero-order valence-corrected chi connectivity index (χ0v) is 20.7. The summed E-state index contributed by atoms with van der Waals surface area (Å²) in [7, 11) is 7.03. The van der Waals surface area contributed by atoms with Gasteiger partial charge in [0.15, 0.2) is 21.0 Å². The summed E-state index contributed by atoms with van der Waals surface area (Å²) in [5, 5.41) is 32.0. The van der Waals surface area contributed by atoms with Crippen molar-refractivity contribution < 1.29 is 20.1 Å². The van der Waals surface area contributed by atoms with Crippen LogP contribution in [0.15, 0.2) is 21.7 Å². The molecule has 0 saturated carbocycles. The third kappa shape index (κ3) is 3.73. The van der Waals surface area contributed by atoms with E-state index in [4.69, 9.17) is 40.8 Å². The number of ether oxygens (including phenoxy) is 1. The van der Waals surface area contributed by atoms with Gasteiger partial charge in [0.2, 0.25) is 11.8 Å². The van der Waals surface area contributed by atoms with E-state index < -0.39 is 28.8 Å². The summed E-state index contributed by atoms with van der Waals surface area (Å²) in [5.74, 6) is -2.75. The van der Waals surface area contributed by atoms with E-state index in [-0.39, 0.29) is 42.8 Å². The number of methoxy groups -OCH3 is 1. The van der Waals surface area contributed by atoms with Gasteiger partial charge in [-0.3, -0.25) is 27.9 Å². The molecular formula is C20H21ClN4O6S2. The lowest BCUT2D eigenvalue weighted by molar-refractivity contribution is 0.372. The van der Waals surface area contributed by atoms with Crippen LogP contribution >= 0.6 is 36.0 Å². The summed E-state index contributed by atoms with van der Waals surface area (Å²) >= 11 is 16.6. The van der Waals surface area contributed by atoms with E-state index in [1.165, 1.54) is 56.6 Å². The van der Waals surface area contributed by atoms with Crippen molar-refractivity contribution in [3.8, 4) is 23.3 Å². The van der Waals surface area contributed by atoms with Crippen LogP contribution in [0.5, 0.6) is 23.3 Å². The zero-order valence-electron chi connectivity index (χ0n) is 18.3. The highest BCUT2D eigenvalue weighted by atomic mass is 35.5. The van der Waals surface area contributed by atoms with E-state index in [1.54, 1.807) is 0 Å². The third-order valence-corrected chi connectivity index (χ3v) is 6.90. The Hall–Kier alpha value is -3.09. The smallest absolute Gasteiger partial charge is 0.262 e. The molecule has 0 saturated heterocycles. The Morgan fingerprint density at radius 1 is 0.848 bits per heavy atom. The number of aromatic hydroxyl groups is 3. The number of rotatable bonds is 4. The molecule has 0 unspecified atom stereocenters. The van der Waals surface area contributed by atoms with Gasteiger partial charge in [-0.05, 0) is 42.1 Å². The fourth-order valence-corrected chi connectivity index (χ4v) is 4.18. The fourth-order valence-electron chi connectivity index (χ4n) is 3.62. The Bertz CT molecular complexity index is 1450. The molecule has 0 radical (unpaired) electrons. The molecule has 0 atom stereocenters. The van der Waals surface area contributed by atoms with Gasteiger partial charge < -0.3 is 20.1 Å². The zero-order chi connectivity index (χ0) is 24.9. The second-order valence-corrected chi connectivity index (χ2v) is 8.51. The maximum absolute atomic E-state index is 13.3. The van der Waals surface area contributed by atoms with Gasteiger partial charge in [-0.2, -0.15) is 0 Å². The number of phenols is 1. The lowest BCUT2D eigenvalue weighted by atomic mass is 9.86. The average Bonchev–Trinajstić information content (AvgIpc) is 2.79. The summed E-state index contributed by atoms with van der Waals surface area (Å²) in [6.45, 7) is 0. The van der Waals surface area contributed by atoms with Crippen molar-refractivity contribution in [1.29, 1.82) is 0 Å². The quantitative estimate of drug-likeness (QED) is 0.454. The average molecular weight is 513 g/mol. The first-order valence-corrected chi connectivity index (χ1v) is 10.6. The number of phenolic OH excluding ortho intramolecular Hbond substituents is 1. The molecule has 3 N–H and O–H groups in total. The SMILES string of the molecule is COc1cc(C(c2c(O)n(C)c(=S)n(C)c2=O)c2c(O)n(C)c(=S)n(C)c2=O)cc(Cl)c1O. The molecule has 0 amide bonds. The lowest BCUT2D eigenvalue weighted by Crippen LogP contribution is -2.33. The van der Waals surface area contributed by atoms with Crippen LogP contribution in [-0.2, 0) is 28.2 Å². The highest BCUT2D eigenvalue weighted by Crippen LogP contribution is 2.42. The van der Waals surface area contributed by atoms with Crippen molar-refractivity contribution in [2.75, 3.05) is 7.11 Å². The number of benzene rings is 1. The van der Waals surface area contributed by atoms with Gasteiger partial charge in [-0.25, -0.2) is 0 Å². The largest absolute Gasteiger partial charge is 0.503 e. The van der Waals surface area contributed by atoms with Crippen LogP contribution in [-0.4, -0.2) is 40.7 Å². The van der Waals surface area contributed by atoms with Crippen molar-refractivity contribution in [3.05, 3.63) is 64.1 Å². The van der Waals surface area contributed by atoms with E-state index in [0.29, 0.717) is 0 Å². The maximum atomic E-state index is 13.3. The fraction of sp³-hybridized carbons (Fsp3) is 0.300. The number of hydrogen-bond acceptors (Lipinski definition) is 8. The molecule has 3 aromatic rings. The molecule has 0 aliphatic carbocycles. The standard InChI is InChI=1S/C20H21ClN4O6S2/c1-22-15(27)12(16(28)23(2)19(22)32)11(8-6-9(21)14(26)10(7-8)31-5)13-17(29)24(3)20(33)25(4)18(13)30/h6-7,11,26-27,29H,1-5H3. The van der Waals surface area contributed by atoms with Gasteiger partial charge in [0, 0.05) is 28.2 Å². The van der Waals surface area contributed by atoms with E-state index in [2.05, 4.69) is 0 Å². The number of nitrogens with zero attached hydrogens (tertiary/aromatic N) is 4. The molecule has 2 aromatic heterocycles. The molecule has 0 spiro atoms. The molecule has 1 aromatic carbocycles. The molecule has 33 heavy (non-hydrogen) atoms. The minimum absolute atomic E-state index is 0.0323. The summed E-state index contributed by atoms with van der Waals surface area (Å²) in [4.78, 5) is 26.6. The van der Waals surface area contributed by atoms with E-state index in [1.807, 2.05) is 0 Å². The summed E-state index contributed by atoms with van der Waals surface area (Å²) in [6.07, 6.45) is 0. The summed E-state index contributed by atoms with van der Waals surface area (Å²) in [6, 6.07) is 2.66. The predicted molar refractivity (Wildman–Crippen MR) is 127 cm³/mol. The Balaban J connectivity index is 2.63. The Kier molecular flexibility index (Phi) is 6.46. The van der Waals surface area contributed by atoms with Gasteiger partial charge in [-0.1, -0.05) is 11.6 Å². The van der Waals surface area contributed by atoms with Crippen molar-refractivity contribution in [2.45, 2.75) is 5.92 Å². The molecule has 0 fully saturated rings. The first kappa shape index (κ1) is 24.6.